The number of rotatable bonds is 5. The van der Waals surface area contributed by atoms with Crippen LogP contribution >= 0.6 is 0 Å². The summed E-state index contributed by atoms with van der Waals surface area (Å²) in [6, 6.07) is 2.51. The molecule has 3 saturated heterocycles. The lowest BCUT2D eigenvalue weighted by molar-refractivity contribution is 0.116. The lowest BCUT2D eigenvalue weighted by atomic mass is 10.2. The van der Waals surface area contributed by atoms with Crippen molar-refractivity contribution < 1.29 is 9.47 Å². The standard InChI is InChI=1S/C18H29N5O2/c1-24-16-12-15(13-21-6-2-3-7-21)23(14-16)17-4-5-19-18(20-17)22-8-10-25-11-9-22/h4-5,15-16H,2-3,6-14H2,1H3/t15-,16-/m0/s1. The molecule has 7 nitrogen and oxygen atoms in total. The molecule has 2 atom stereocenters. The van der Waals surface area contributed by atoms with Gasteiger partial charge in [0.15, 0.2) is 0 Å². The molecule has 1 aromatic heterocycles. The minimum Gasteiger partial charge on any atom is -0.380 e. The van der Waals surface area contributed by atoms with Gasteiger partial charge >= 0.3 is 0 Å². The lowest BCUT2D eigenvalue weighted by Gasteiger charge is -2.31. The quantitative estimate of drug-likeness (QED) is 0.788. The third-order valence-corrected chi connectivity index (χ3v) is 5.59. The average Bonchev–Trinajstić information content (AvgIpc) is 3.33. The lowest BCUT2D eigenvalue weighted by Crippen LogP contribution is -2.40. The molecule has 3 fully saturated rings. The third kappa shape index (κ3) is 3.88. The Morgan fingerprint density at radius 3 is 2.76 bits per heavy atom. The van der Waals surface area contributed by atoms with E-state index in [1.54, 1.807) is 0 Å². The van der Waals surface area contributed by atoms with Gasteiger partial charge in [-0.25, -0.2) is 4.98 Å². The van der Waals surface area contributed by atoms with Crippen LogP contribution in [0.1, 0.15) is 19.3 Å². The SMILES string of the molecule is CO[C@H]1C[C@@H](CN2CCCC2)N(c2ccnc(N3CCOCC3)n2)C1. The largest absolute Gasteiger partial charge is 0.380 e. The monoisotopic (exact) mass is 347 g/mol. The molecule has 3 aliphatic heterocycles. The van der Waals surface area contributed by atoms with Gasteiger partial charge < -0.3 is 24.2 Å². The summed E-state index contributed by atoms with van der Waals surface area (Å²) in [5.74, 6) is 1.85. The van der Waals surface area contributed by atoms with Gasteiger partial charge in [0, 0.05) is 45.5 Å². The summed E-state index contributed by atoms with van der Waals surface area (Å²) in [5.41, 5.74) is 0. The van der Waals surface area contributed by atoms with Crippen LogP contribution in [0.2, 0.25) is 0 Å². The highest BCUT2D eigenvalue weighted by Gasteiger charge is 2.35. The molecule has 4 rings (SSSR count). The molecule has 0 unspecified atom stereocenters. The normalized spacial score (nSPS) is 28.0. The van der Waals surface area contributed by atoms with Crippen LogP contribution in [0.15, 0.2) is 12.3 Å². The van der Waals surface area contributed by atoms with Gasteiger partial charge in [0.25, 0.3) is 0 Å². The fraction of sp³-hybridized carbons (Fsp3) is 0.778. The van der Waals surface area contributed by atoms with Crippen LogP contribution < -0.4 is 9.80 Å². The topological polar surface area (TPSA) is 54.0 Å². The number of anilines is 2. The van der Waals surface area contributed by atoms with Crippen LogP contribution in [-0.2, 0) is 9.47 Å². The predicted octanol–water partition coefficient (Wildman–Crippen LogP) is 1.00. The van der Waals surface area contributed by atoms with Crippen molar-refractivity contribution in [3.8, 4) is 0 Å². The number of hydrogen-bond donors (Lipinski definition) is 0. The Kier molecular flexibility index (Phi) is 5.33. The van der Waals surface area contributed by atoms with Crippen LogP contribution in [0.25, 0.3) is 0 Å². The second-order valence-electron chi connectivity index (χ2n) is 7.22. The molecule has 1 aromatic rings. The first kappa shape index (κ1) is 17.0. The molecule has 0 radical (unpaired) electrons. The third-order valence-electron chi connectivity index (χ3n) is 5.59. The molecule has 0 aliphatic carbocycles. The van der Waals surface area contributed by atoms with Crippen LogP contribution in [0.4, 0.5) is 11.8 Å². The zero-order chi connectivity index (χ0) is 17.1. The van der Waals surface area contributed by atoms with Gasteiger partial charge in [-0.05, 0) is 38.4 Å². The maximum absolute atomic E-state index is 5.67. The first-order valence-electron chi connectivity index (χ1n) is 9.51. The first-order valence-corrected chi connectivity index (χ1v) is 9.51. The zero-order valence-electron chi connectivity index (χ0n) is 15.1. The minimum absolute atomic E-state index is 0.286. The Morgan fingerprint density at radius 2 is 2.00 bits per heavy atom. The Bertz CT molecular complexity index is 560. The van der Waals surface area contributed by atoms with Crippen molar-refractivity contribution in [3.63, 3.8) is 0 Å². The molecule has 3 aliphatic rings. The summed E-state index contributed by atoms with van der Waals surface area (Å²) in [5, 5.41) is 0. The van der Waals surface area contributed by atoms with E-state index in [2.05, 4.69) is 19.7 Å². The number of ether oxygens (including phenoxy) is 2. The van der Waals surface area contributed by atoms with Crippen LogP contribution in [0.5, 0.6) is 0 Å². The summed E-state index contributed by atoms with van der Waals surface area (Å²) in [7, 11) is 1.82. The Morgan fingerprint density at radius 1 is 1.20 bits per heavy atom. The number of morpholine rings is 1. The Labute approximate surface area is 149 Å². The highest BCUT2D eigenvalue weighted by Crippen LogP contribution is 2.28. The number of nitrogens with zero attached hydrogens (tertiary/aromatic N) is 5. The second-order valence-corrected chi connectivity index (χ2v) is 7.22. The van der Waals surface area contributed by atoms with E-state index in [0.717, 1.165) is 57.6 Å². The molecule has 4 heterocycles. The number of methoxy groups -OCH3 is 1. The van der Waals surface area contributed by atoms with Gasteiger partial charge in [-0.1, -0.05) is 0 Å². The van der Waals surface area contributed by atoms with Gasteiger partial charge in [-0.2, -0.15) is 4.98 Å². The van der Waals surface area contributed by atoms with Crippen molar-refractivity contribution >= 4 is 11.8 Å². The number of likely N-dealkylation sites (tertiary alicyclic amines) is 1. The van der Waals surface area contributed by atoms with E-state index in [-0.39, 0.29) is 6.10 Å². The predicted molar refractivity (Wildman–Crippen MR) is 97.3 cm³/mol. The van der Waals surface area contributed by atoms with E-state index in [1.807, 2.05) is 19.4 Å². The summed E-state index contributed by atoms with van der Waals surface area (Å²) in [6.07, 6.45) is 5.91. The van der Waals surface area contributed by atoms with Crippen molar-refractivity contribution in [1.82, 2.24) is 14.9 Å². The van der Waals surface area contributed by atoms with Gasteiger partial charge in [0.1, 0.15) is 5.82 Å². The Hall–Kier alpha value is -1.44. The summed E-state index contributed by atoms with van der Waals surface area (Å²) >= 11 is 0. The molecule has 7 heteroatoms. The summed E-state index contributed by atoms with van der Waals surface area (Å²) in [6.45, 7) is 7.70. The van der Waals surface area contributed by atoms with Crippen LogP contribution in [-0.4, -0.2) is 86.6 Å². The van der Waals surface area contributed by atoms with Gasteiger partial charge in [0.2, 0.25) is 5.95 Å². The van der Waals surface area contributed by atoms with E-state index in [1.165, 1.54) is 25.9 Å². The summed E-state index contributed by atoms with van der Waals surface area (Å²) < 4.78 is 11.1. The van der Waals surface area contributed by atoms with Crippen molar-refractivity contribution in [2.24, 2.45) is 0 Å². The molecular weight excluding hydrogens is 318 g/mol. The highest BCUT2D eigenvalue weighted by atomic mass is 16.5. The maximum Gasteiger partial charge on any atom is 0.227 e. The van der Waals surface area contributed by atoms with E-state index < -0.39 is 0 Å². The minimum atomic E-state index is 0.286. The van der Waals surface area contributed by atoms with Crippen molar-refractivity contribution in [1.29, 1.82) is 0 Å². The highest BCUT2D eigenvalue weighted by molar-refractivity contribution is 5.46. The molecule has 0 bridgehead atoms. The van der Waals surface area contributed by atoms with E-state index in [0.29, 0.717) is 6.04 Å². The summed E-state index contributed by atoms with van der Waals surface area (Å²) in [4.78, 5) is 16.6. The van der Waals surface area contributed by atoms with Crippen molar-refractivity contribution in [2.45, 2.75) is 31.4 Å². The molecule has 0 saturated carbocycles. The number of aromatic nitrogens is 2. The Balaban J connectivity index is 1.51. The van der Waals surface area contributed by atoms with E-state index in [9.17, 15) is 0 Å². The maximum atomic E-state index is 5.67. The molecule has 0 amide bonds. The second kappa shape index (κ2) is 7.85. The smallest absolute Gasteiger partial charge is 0.227 e. The average molecular weight is 347 g/mol. The van der Waals surface area contributed by atoms with Gasteiger partial charge in [-0.15, -0.1) is 0 Å². The number of hydrogen-bond acceptors (Lipinski definition) is 7. The van der Waals surface area contributed by atoms with Gasteiger partial charge in [-0.3, -0.25) is 0 Å². The molecule has 138 valence electrons. The molecule has 0 aromatic carbocycles. The van der Waals surface area contributed by atoms with Crippen LogP contribution in [0, 0.1) is 0 Å². The molecule has 0 N–H and O–H groups in total. The van der Waals surface area contributed by atoms with E-state index in [4.69, 9.17) is 14.5 Å². The van der Waals surface area contributed by atoms with Crippen LogP contribution in [0.3, 0.4) is 0 Å². The fourth-order valence-electron chi connectivity index (χ4n) is 4.18. The zero-order valence-corrected chi connectivity index (χ0v) is 15.1. The fourth-order valence-corrected chi connectivity index (χ4v) is 4.18. The van der Waals surface area contributed by atoms with Crippen molar-refractivity contribution in [2.75, 3.05) is 69.4 Å². The van der Waals surface area contributed by atoms with Gasteiger partial charge in [0.05, 0.1) is 19.3 Å². The molecule has 25 heavy (non-hydrogen) atoms. The van der Waals surface area contributed by atoms with E-state index >= 15 is 0 Å². The first-order chi connectivity index (χ1) is 12.3. The molecule has 0 spiro atoms. The molecular formula is C18H29N5O2. The van der Waals surface area contributed by atoms with Crippen molar-refractivity contribution in [3.05, 3.63) is 12.3 Å².